The maximum Gasteiger partial charge on any atom is 0.244 e. The van der Waals surface area contributed by atoms with Gasteiger partial charge in [0.15, 0.2) is 0 Å². The lowest BCUT2D eigenvalue weighted by Crippen LogP contribution is -2.54. The number of benzene rings is 2. The molecule has 2 aromatic rings. The van der Waals surface area contributed by atoms with Crippen LogP contribution in [0.4, 0.5) is 5.69 Å². The molecule has 0 aliphatic carbocycles. The fourth-order valence-electron chi connectivity index (χ4n) is 3.56. The van der Waals surface area contributed by atoms with Gasteiger partial charge in [0, 0.05) is 12.1 Å². The molecule has 198 valence electrons. The Bertz CT molecular complexity index is 1160. The summed E-state index contributed by atoms with van der Waals surface area (Å²) in [4.78, 5) is 28.1. The van der Waals surface area contributed by atoms with Gasteiger partial charge in [0.1, 0.15) is 24.1 Å². The van der Waals surface area contributed by atoms with Crippen LogP contribution in [-0.2, 0) is 26.2 Å². The Morgan fingerprint density at radius 3 is 2.33 bits per heavy atom. The number of nitrogens with one attached hydrogen (secondary N) is 1. The first-order valence-electron chi connectivity index (χ1n) is 11.7. The van der Waals surface area contributed by atoms with E-state index in [2.05, 4.69) is 5.32 Å². The van der Waals surface area contributed by atoms with Gasteiger partial charge in [0.2, 0.25) is 21.8 Å². The second kappa shape index (κ2) is 12.1. The summed E-state index contributed by atoms with van der Waals surface area (Å²) >= 11 is 0. The van der Waals surface area contributed by atoms with Gasteiger partial charge in [0.05, 0.1) is 25.7 Å². The fraction of sp³-hybridized carbons (Fsp3) is 0.462. The third-order valence-corrected chi connectivity index (χ3v) is 6.39. The molecule has 0 saturated carbocycles. The SMILES string of the molecule is CCOc1ccccc1N(CC(=O)N(Cc1cccc(OC)c1)[C@@H](C)C(=O)NC(C)(C)C)S(C)(=O)=O. The number of carbonyl (C=O) groups excluding carboxylic acids is 2. The molecule has 0 aliphatic heterocycles. The van der Waals surface area contributed by atoms with Gasteiger partial charge >= 0.3 is 0 Å². The Hall–Kier alpha value is -3.27. The van der Waals surface area contributed by atoms with Gasteiger partial charge in [-0.1, -0.05) is 24.3 Å². The van der Waals surface area contributed by atoms with Crippen molar-refractivity contribution in [3.05, 3.63) is 54.1 Å². The minimum atomic E-state index is -3.86. The summed E-state index contributed by atoms with van der Waals surface area (Å²) in [7, 11) is -2.32. The van der Waals surface area contributed by atoms with Crippen molar-refractivity contribution in [1.29, 1.82) is 0 Å². The molecule has 0 fully saturated rings. The zero-order valence-electron chi connectivity index (χ0n) is 22.1. The number of nitrogens with zero attached hydrogens (tertiary/aromatic N) is 2. The quantitative estimate of drug-likeness (QED) is 0.489. The van der Waals surface area contributed by atoms with Crippen LogP contribution in [0, 0.1) is 0 Å². The van der Waals surface area contributed by atoms with E-state index in [0.29, 0.717) is 18.1 Å². The summed E-state index contributed by atoms with van der Waals surface area (Å²) in [6, 6.07) is 12.9. The highest BCUT2D eigenvalue weighted by molar-refractivity contribution is 7.92. The third-order valence-electron chi connectivity index (χ3n) is 5.27. The number of para-hydroxylation sites is 2. The third kappa shape index (κ3) is 8.15. The number of hydrogen-bond donors (Lipinski definition) is 1. The van der Waals surface area contributed by atoms with Gasteiger partial charge in [-0.2, -0.15) is 0 Å². The summed E-state index contributed by atoms with van der Waals surface area (Å²) in [5.74, 6) is 0.0664. The van der Waals surface area contributed by atoms with E-state index in [1.807, 2.05) is 26.8 Å². The molecule has 0 bridgehead atoms. The van der Waals surface area contributed by atoms with Crippen LogP contribution in [0.2, 0.25) is 0 Å². The van der Waals surface area contributed by atoms with E-state index in [1.165, 1.54) is 4.90 Å². The number of rotatable bonds is 11. The molecule has 9 nitrogen and oxygen atoms in total. The summed E-state index contributed by atoms with van der Waals surface area (Å²) in [6.45, 7) is 8.87. The smallest absolute Gasteiger partial charge is 0.244 e. The van der Waals surface area contributed by atoms with Crippen LogP contribution in [0.25, 0.3) is 0 Å². The molecule has 2 rings (SSSR count). The van der Waals surface area contributed by atoms with Crippen LogP contribution in [0.15, 0.2) is 48.5 Å². The topological polar surface area (TPSA) is 105 Å². The molecule has 0 radical (unpaired) electrons. The molecule has 1 N–H and O–H groups in total. The van der Waals surface area contributed by atoms with Crippen molar-refractivity contribution < 1.29 is 27.5 Å². The van der Waals surface area contributed by atoms with E-state index in [9.17, 15) is 18.0 Å². The molecule has 1 atom stereocenters. The molecular weight excluding hydrogens is 482 g/mol. The summed E-state index contributed by atoms with van der Waals surface area (Å²) in [5, 5.41) is 2.89. The van der Waals surface area contributed by atoms with Crippen molar-refractivity contribution in [3.63, 3.8) is 0 Å². The zero-order valence-corrected chi connectivity index (χ0v) is 22.9. The van der Waals surface area contributed by atoms with E-state index in [4.69, 9.17) is 9.47 Å². The molecule has 10 heteroatoms. The van der Waals surface area contributed by atoms with Gasteiger partial charge in [-0.15, -0.1) is 0 Å². The van der Waals surface area contributed by atoms with Gasteiger partial charge in [0.25, 0.3) is 0 Å². The monoisotopic (exact) mass is 519 g/mol. The fourth-order valence-corrected chi connectivity index (χ4v) is 4.41. The van der Waals surface area contributed by atoms with Crippen molar-refractivity contribution in [3.8, 4) is 11.5 Å². The molecule has 2 amide bonds. The highest BCUT2D eigenvalue weighted by Gasteiger charge is 2.32. The predicted octanol–water partition coefficient (Wildman–Crippen LogP) is 3.19. The minimum absolute atomic E-state index is 0.0828. The average molecular weight is 520 g/mol. The number of amides is 2. The number of sulfonamides is 1. The maximum atomic E-state index is 13.7. The highest BCUT2D eigenvalue weighted by Crippen LogP contribution is 2.30. The lowest BCUT2D eigenvalue weighted by atomic mass is 10.1. The number of carbonyl (C=O) groups is 2. The Labute approximate surface area is 214 Å². The van der Waals surface area contributed by atoms with Gasteiger partial charge in [-0.25, -0.2) is 8.42 Å². The second-order valence-electron chi connectivity index (χ2n) is 9.46. The van der Waals surface area contributed by atoms with Crippen LogP contribution in [0.3, 0.4) is 0 Å². The van der Waals surface area contributed by atoms with Crippen molar-refractivity contribution in [2.75, 3.05) is 30.8 Å². The van der Waals surface area contributed by atoms with Crippen molar-refractivity contribution in [1.82, 2.24) is 10.2 Å². The first-order valence-corrected chi connectivity index (χ1v) is 13.6. The molecule has 0 spiro atoms. The Morgan fingerprint density at radius 2 is 1.75 bits per heavy atom. The first kappa shape index (κ1) is 29.0. The van der Waals surface area contributed by atoms with E-state index in [1.54, 1.807) is 63.4 Å². The number of ether oxygens (including phenoxy) is 2. The largest absolute Gasteiger partial charge is 0.497 e. The summed E-state index contributed by atoms with van der Waals surface area (Å²) in [6.07, 6.45) is 1.03. The van der Waals surface area contributed by atoms with Crippen molar-refractivity contribution in [2.45, 2.75) is 52.7 Å². The molecule has 0 unspecified atom stereocenters. The molecule has 36 heavy (non-hydrogen) atoms. The Kier molecular flexibility index (Phi) is 9.75. The summed E-state index contributed by atoms with van der Waals surface area (Å²) < 4.78 is 37.5. The summed E-state index contributed by atoms with van der Waals surface area (Å²) in [5.41, 5.74) is 0.479. The highest BCUT2D eigenvalue weighted by atomic mass is 32.2. The van der Waals surface area contributed by atoms with Crippen molar-refractivity contribution >= 4 is 27.5 Å². The lowest BCUT2D eigenvalue weighted by Gasteiger charge is -2.33. The Morgan fingerprint density at radius 1 is 1.08 bits per heavy atom. The molecule has 0 aliphatic rings. The minimum Gasteiger partial charge on any atom is -0.497 e. The lowest BCUT2D eigenvalue weighted by molar-refractivity contribution is -0.140. The maximum absolute atomic E-state index is 13.7. The first-order chi connectivity index (χ1) is 16.8. The second-order valence-corrected chi connectivity index (χ2v) is 11.4. The van der Waals surface area contributed by atoms with E-state index in [0.717, 1.165) is 16.1 Å². The van der Waals surface area contributed by atoms with Crippen LogP contribution < -0.4 is 19.1 Å². The Balaban J connectivity index is 2.47. The number of hydrogen-bond acceptors (Lipinski definition) is 6. The van der Waals surface area contributed by atoms with Gasteiger partial charge in [-0.05, 0) is 64.4 Å². The van der Waals surface area contributed by atoms with Gasteiger partial charge < -0.3 is 19.7 Å². The zero-order chi connectivity index (χ0) is 27.1. The molecule has 0 saturated heterocycles. The van der Waals surface area contributed by atoms with Crippen molar-refractivity contribution in [2.24, 2.45) is 0 Å². The van der Waals surface area contributed by atoms with Crippen LogP contribution in [0.1, 0.15) is 40.2 Å². The van der Waals surface area contributed by atoms with E-state index in [-0.39, 0.29) is 18.1 Å². The van der Waals surface area contributed by atoms with Crippen LogP contribution >= 0.6 is 0 Å². The molecular formula is C26H37N3O6S. The average Bonchev–Trinajstić information content (AvgIpc) is 2.79. The van der Waals surface area contributed by atoms with Crippen LogP contribution in [0.5, 0.6) is 11.5 Å². The molecule has 0 heterocycles. The predicted molar refractivity (Wildman–Crippen MR) is 141 cm³/mol. The standard InChI is InChI=1S/C26H37N3O6S/c1-8-35-23-15-10-9-14-22(23)29(36(7,32)33)18-24(30)28(19(2)25(31)27-26(3,4)5)17-20-12-11-13-21(16-20)34-6/h9-16,19H,8,17-18H2,1-7H3,(H,27,31)/t19-/m0/s1. The van der Waals surface area contributed by atoms with Gasteiger partial charge in [-0.3, -0.25) is 13.9 Å². The molecule has 2 aromatic carbocycles. The van der Waals surface area contributed by atoms with E-state index >= 15 is 0 Å². The number of anilines is 1. The normalized spacial score (nSPS) is 12.4. The number of methoxy groups -OCH3 is 1. The molecule has 0 aromatic heterocycles. The van der Waals surface area contributed by atoms with Crippen LogP contribution in [-0.4, -0.2) is 63.2 Å². The van der Waals surface area contributed by atoms with E-state index < -0.39 is 34.1 Å².